The Bertz CT molecular complexity index is 380. The van der Waals surface area contributed by atoms with Gasteiger partial charge in [-0.15, -0.1) is 5.10 Å². The van der Waals surface area contributed by atoms with E-state index in [1.807, 2.05) is 6.92 Å². The molecule has 0 saturated heterocycles. The number of nitrogens with one attached hydrogen (secondary N) is 1. The number of halogens is 1. The van der Waals surface area contributed by atoms with Crippen molar-refractivity contribution in [3.63, 3.8) is 0 Å². The van der Waals surface area contributed by atoms with E-state index < -0.39 is 0 Å². The Kier molecular flexibility index (Phi) is 2.37. The van der Waals surface area contributed by atoms with Crippen molar-refractivity contribution in [3.05, 3.63) is 16.9 Å². The molecule has 5 heteroatoms. The van der Waals surface area contributed by atoms with Crippen LogP contribution in [0.15, 0.2) is 6.07 Å². The maximum Gasteiger partial charge on any atom is 0.227 e. The van der Waals surface area contributed by atoms with Crippen LogP contribution in [0.2, 0.25) is 5.15 Å². The molecule has 74 valence electrons. The first-order chi connectivity index (χ1) is 6.70. The van der Waals surface area contributed by atoms with Gasteiger partial charge in [0.05, 0.1) is 11.4 Å². The third kappa shape index (κ3) is 1.57. The molecule has 1 amide bonds. The molecule has 2 rings (SSSR count). The van der Waals surface area contributed by atoms with E-state index in [9.17, 15) is 4.79 Å². The summed E-state index contributed by atoms with van der Waals surface area (Å²) in [6.07, 6.45) is 1.47. The molecule has 14 heavy (non-hydrogen) atoms. The maximum atomic E-state index is 11.5. The first-order valence-electron chi connectivity index (χ1n) is 4.53. The van der Waals surface area contributed by atoms with Gasteiger partial charge in [0.25, 0.3) is 0 Å². The van der Waals surface area contributed by atoms with Crippen LogP contribution in [0.1, 0.15) is 19.0 Å². The smallest absolute Gasteiger partial charge is 0.227 e. The van der Waals surface area contributed by atoms with Crippen molar-refractivity contribution >= 4 is 23.2 Å². The maximum absolute atomic E-state index is 11.5. The molecule has 1 aliphatic heterocycles. The van der Waals surface area contributed by atoms with Crippen molar-refractivity contribution in [2.75, 3.05) is 5.32 Å². The molecule has 1 N–H and O–H groups in total. The summed E-state index contributed by atoms with van der Waals surface area (Å²) in [5.41, 5.74) is 1.51. The van der Waals surface area contributed by atoms with E-state index in [-0.39, 0.29) is 11.8 Å². The lowest BCUT2D eigenvalue weighted by Gasteiger charge is -2.21. The van der Waals surface area contributed by atoms with Gasteiger partial charge in [-0.05, 0) is 6.42 Å². The number of fused-ring (bicyclic) bond motifs is 1. The standard InChI is InChI=1S/C9H10ClN3O/c1-2-5-3-7-6(11-9(5)14)4-8(10)13-12-7/h4-5H,2-3H2,1H3,(H,11,14). The molecule has 0 aliphatic carbocycles. The minimum atomic E-state index is 0.0120. The SMILES string of the molecule is CCC1Cc2nnc(Cl)cc2NC1=O. The summed E-state index contributed by atoms with van der Waals surface area (Å²) in [6, 6.07) is 1.63. The van der Waals surface area contributed by atoms with Crippen LogP contribution in [0.5, 0.6) is 0 Å². The Morgan fingerprint density at radius 1 is 1.64 bits per heavy atom. The van der Waals surface area contributed by atoms with Crippen LogP contribution in [0.4, 0.5) is 5.69 Å². The molecule has 2 heterocycles. The lowest BCUT2D eigenvalue weighted by Crippen LogP contribution is -2.30. The van der Waals surface area contributed by atoms with Crippen LogP contribution in [0.25, 0.3) is 0 Å². The van der Waals surface area contributed by atoms with E-state index in [0.717, 1.165) is 12.1 Å². The second-order valence-corrected chi connectivity index (χ2v) is 3.71. The fourth-order valence-electron chi connectivity index (χ4n) is 1.54. The molecular formula is C9H10ClN3O. The average Bonchev–Trinajstić information content (AvgIpc) is 2.16. The predicted octanol–water partition coefficient (Wildman–Crippen LogP) is 1.65. The normalized spacial score (nSPS) is 20.1. The van der Waals surface area contributed by atoms with E-state index in [4.69, 9.17) is 11.6 Å². The van der Waals surface area contributed by atoms with Crippen LogP contribution >= 0.6 is 11.6 Å². The summed E-state index contributed by atoms with van der Waals surface area (Å²) in [7, 11) is 0. The second-order valence-electron chi connectivity index (χ2n) is 3.33. The molecule has 1 aromatic heterocycles. The van der Waals surface area contributed by atoms with Crippen molar-refractivity contribution in [3.8, 4) is 0 Å². The number of amides is 1. The third-order valence-electron chi connectivity index (χ3n) is 2.40. The van der Waals surface area contributed by atoms with Gasteiger partial charge in [-0.2, -0.15) is 5.10 Å². The summed E-state index contributed by atoms with van der Waals surface area (Å²) < 4.78 is 0. The van der Waals surface area contributed by atoms with Crippen LogP contribution in [0.3, 0.4) is 0 Å². The monoisotopic (exact) mass is 211 g/mol. The topological polar surface area (TPSA) is 54.9 Å². The molecular weight excluding hydrogens is 202 g/mol. The van der Waals surface area contributed by atoms with Crippen LogP contribution in [-0.4, -0.2) is 16.1 Å². The van der Waals surface area contributed by atoms with Crippen molar-refractivity contribution in [2.45, 2.75) is 19.8 Å². The number of aromatic nitrogens is 2. The van der Waals surface area contributed by atoms with Gasteiger partial charge in [0.15, 0.2) is 5.15 Å². The molecule has 0 aromatic carbocycles. The Labute approximate surface area is 86.7 Å². The highest BCUT2D eigenvalue weighted by Crippen LogP contribution is 2.26. The average molecular weight is 212 g/mol. The fourth-order valence-corrected chi connectivity index (χ4v) is 1.69. The van der Waals surface area contributed by atoms with Crippen molar-refractivity contribution in [1.82, 2.24) is 10.2 Å². The Hall–Kier alpha value is -1.16. The largest absolute Gasteiger partial charge is 0.324 e. The zero-order chi connectivity index (χ0) is 10.1. The molecule has 0 fully saturated rings. The van der Waals surface area contributed by atoms with Crippen molar-refractivity contribution in [1.29, 1.82) is 0 Å². The number of hydrogen-bond acceptors (Lipinski definition) is 3. The number of carbonyl (C=O) groups is 1. The highest BCUT2D eigenvalue weighted by molar-refractivity contribution is 6.29. The quantitative estimate of drug-likeness (QED) is 0.769. The van der Waals surface area contributed by atoms with E-state index in [1.165, 1.54) is 0 Å². The van der Waals surface area contributed by atoms with Gasteiger partial charge in [0.1, 0.15) is 0 Å². The van der Waals surface area contributed by atoms with Crippen LogP contribution in [-0.2, 0) is 11.2 Å². The molecule has 1 aliphatic rings. The Morgan fingerprint density at radius 3 is 3.14 bits per heavy atom. The first kappa shape index (κ1) is 9.40. The van der Waals surface area contributed by atoms with Crippen molar-refractivity contribution in [2.24, 2.45) is 5.92 Å². The number of anilines is 1. The molecule has 1 aromatic rings. The molecule has 1 atom stereocenters. The second kappa shape index (κ2) is 3.53. The van der Waals surface area contributed by atoms with Gasteiger partial charge in [0.2, 0.25) is 5.91 Å². The van der Waals surface area contributed by atoms with Crippen LogP contribution < -0.4 is 5.32 Å². The Balaban J connectivity index is 2.35. The van der Waals surface area contributed by atoms with Gasteiger partial charge >= 0.3 is 0 Å². The fraction of sp³-hybridized carbons (Fsp3) is 0.444. The summed E-state index contributed by atoms with van der Waals surface area (Å²) in [5.74, 6) is 0.0574. The Morgan fingerprint density at radius 2 is 2.43 bits per heavy atom. The summed E-state index contributed by atoms with van der Waals surface area (Å²) in [4.78, 5) is 11.5. The first-order valence-corrected chi connectivity index (χ1v) is 4.91. The molecule has 0 saturated carbocycles. The number of carbonyl (C=O) groups excluding carboxylic acids is 1. The van der Waals surface area contributed by atoms with Gasteiger partial charge in [-0.1, -0.05) is 18.5 Å². The van der Waals surface area contributed by atoms with Crippen LogP contribution in [0, 0.1) is 5.92 Å². The number of nitrogens with zero attached hydrogens (tertiary/aromatic N) is 2. The zero-order valence-corrected chi connectivity index (χ0v) is 8.51. The van der Waals surface area contributed by atoms with E-state index in [1.54, 1.807) is 6.07 Å². The zero-order valence-electron chi connectivity index (χ0n) is 7.75. The third-order valence-corrected chi connectivity index (χ3v) is 2.59. The lowest BCUT2D eigenvalue weighted by atomic mass is 9.95. The van der Waals surface area contributed by atoms with E-state index in [0.29, 0.717) is 17.3 Å². The summed E-state index contributed by atoms with van der Waals surface area (Å²) in [6.45, 7) is 1.98. The summed E-state index contributed by atoms with van der Waals surface area (Å²) >= 11 is 5.67. The molecule has 4 nitrogen and oxygen atoms in total. The minimum Gasteiger partial charge on any atom is -0.324 e. The van der Waals surface area contributed by atoms with Gasteiger partial charge < -0.3 is 5.32 Å². The molecule has 1 unspecified atom stereocenters. The minimum absolute atomic E-state index is 0.0120. The summed E-state index contributed by atoms with van der Waals surface area (Å²) in [5, 5.41) is 10.8. The molecule has 0 bridgehead atoms. The lowest BCUT2D eigenvalue weighted by molar-refractivity contribution is -0.120. The predicted molar refractivity (Wildman–Crippen MR) is 53.2 cm³/mol. The number of hydrogen-bond donors (Lipinski definition) is 1. The van der Waals surface area contributed by atoms with Gasteiger partial charge in [-0.25, -0.2) is 0 Å². The number of rotatable bonds is 1. The molecule has 0 radical (unpaired) electrons. The highest BCUT2D eigenvalue weighted by Gasteiger charge is 2.25. The highest BCUT2D eigenvalue weighted by atomic mass is 35.5. The van der Waals surface area contributed by atoms with Crippen molar-refractivity contribution < 1.29 is 4.79 Å². The van der Waals surface area contributed by atoms with Gasteiger partial charge in [-0.3, -0.25) is 4.79 Å². The van der Waals surface area contributed by atoms with Gasteiger partial charge in [0, 0.05) is 18.4 Å². The van der Waals surface area contributed by atoms with E-state index in [2.05, 4.69) is 15.5 Å². The molecule has 0 spiro atoms. The van der Waals surface area contributed by atoms with E-state index >= 15 is 0 Å².